The molecule has 2 aromatic rings. The van der Waals surface area contributed by atoms with Gasteiger partial charge in [-0.1, -0.05) is 41.9 Å². The quantitative estimate of drug-likeness (QED) is 0.693. The SMILES string of the molecule is O=C(NCCN1CCN(Cc2ccccc2)CC1)c1nc(N2CCOCC2)ncc1Cl. The van der Waals surface area contributed by atoms with Crippen molar-refractivity contribution in [3.05, 3.63) is 52.8 Å². The van der Waals surface area contributed by atoms with Crippen LogP contribution in [0.5, 0.6) is 0 Å². The number of ether oxygens (including phenoxy) is 1. The van der Waals surface area contributed by atoms with Gasteiger partial charge in [-0.15, -0.1) is 0 Å². The Bertz CT molecular complexity index is 854. The van der Waals surface area contributed by atoms with Gasteiger partial charge in [0.05, 0.1) is 24.4 Å². The number of aromatic nitrogens is 2. The molecule has 1 amide bonds. The highest BCUT2D eigenvalue weighted by molar-refractivity contribution is 6.33. The zero-order valence-electron chi connectivity index (χ0n) is 17.7. The molecule has 2 saturated heterocycles. The first kappa shape index (κ1) is 22.0. The maximum Gasteiger partial charge on any atom is 0.271 e. The summed E-state index contributed by atoms with van der Waals surface area (Å²) in [6.45, 7) is 9.09. The Labute approximate surface area is 188 Å². The fourth-order valence-electron chi connectivity index (χ4n) is 3.86. The van der Waals surface area contributed by atoms with E-state index in [4.69, 9.17) is 16.3 Å². The third kappa shape index (κ3) is 6.13. The first-order valence-electron chi connectivity index (χ1n) is 10.8. The highest BCUT2D eigenvalue weighted by Gasteiger charge is 2.20. The minimum atomic E-state index is -0.260. The Morgan fingerprint density at radius 1 is 1.03 bits per heavy atom. The number of carbonyl (C=O) groups excluding carboxylic acids is 1. The lowest BCUT2D eigenvalue weighted by molar-refractivity contribution is 0.0929. The van der Waals surface area contributed by atoms with Gasteiger partial charge in [0.1, 0.15) is 0 Å². The van der Waals surface area contributed by atoms with Crippen molar-refractivity contribution in [3.63, 3.8) is 0 Å². The van der Waals surface area contributed by atoms with Crippen LogP contribution in [0.1, 0.15) is 16.1 Å². The van der Waals surface area contributed by atoms with E-state index in [2.05, 4.69) is 49.4 Å². The molecule has 1 aromatic heterocycles. The minimum Gasteiger partial charge on any atom is -0.378 e. The van der Waals surface area contributed by atoms with Crippen molar-refractivity contribution in [1.29, 1.82) is 0 Å². The van der Waals surface area contributed by atoms with Crippen molar-refractivity contribution in [2.45, 2.75) is 6.54 Å². The largest absolute Gasteiger partial charge is 0.378 e. The molecule has 3 heterocycles. The number of anilines is 1. The minimum absolute atomic E-state index is 0.228. The molecule has 4 rings (SSSR count). The summed E-state index contributed by atoms with van der Waals surface area (Å²) in [5.41, 5.74) is 1.58. The van der Waals surface area contributed by atoms with Crippen LogP contribution in [0.15, 0.2) is 36.5 Å². The summed E-state index contributed by atoms with van der Waals surface area (Å²) < 4.78 is 5.36. The second kappa shape index (κ2) is 10.9. The van der Waals surface area contributed by atoms with Crippen molar-refractivity contribution < 1.29 is 9.53 Å². The molecule has 2 aliphatic heterocycles. The standard InChI is InChI=1S/C22H29ClN6O2/c23-19-16-25-22(29-12-14-31-15-13-29)26-20(19)21(30)24-6-7-27-8-10-28(11-9-27)17-18-4-2-1-3-5-18/h1-5,16H,6-15,17H2,(H,24,30). The van der Waals surface area contributed by atoms with E-state index in [-0.39, 0.29) is 16.6 Å². The van der Waals surface area contributed by atoms with E-state index in [0.717, 1.165) is 39.3 Å². The molecule has 1 aromatic carbocycles. The van der Waals surface area contributed by atoms with Gasteiger partial charge < -0.3 is 15.0 Å². The third-order valence-corrected chi connectivity index (χ3v) is 5.94. The van der Waals surface area contributed by atoms with Crippen molar-refractivity contribution in [1.82, 2.24) is 25.1 Å². The number of piperazine rings is 1. The van der Waals surface area contributed by atoms with E-state index in [1.807, 2.05) is 11.0 Å². The van der Waals surface area contributed by atoms with E-state index in [0.29, 0.717) is 38.8 Å². The Morgan fingerprint density at radius 2 is 1.74 bits per heavy atom. The summed E-state index contributed by atoms with van der Waals surface area (Å²) in [5.74, 6) is 0.261. The Kier molecular flexibility index (Phi) is 7.69. The van der Waals surface area contributed by atoms with Crippen LogP contribution in [0.2, 0.25) is 5.02 Å². The van der Waals surface area contributed by atoms with Gasteiger partial charge in [0, 0.05) is 58.9 Å². The highest BCUT2D eigenvalue weighted by Crippen LogP contribution is 2.17. The van der Waals surface area contributed by atoms with Crippen molar-refractivity contribution in [2.24, 2.45) is 0 Å². The molecular formula is C22H29ClN6O2. The van der Waals surface area contributed by atoms with E-state index in [1.54, 1.807) is 0 Å². The molecule has 0 atom stereocenters. The van der Waals surface area contributed by atoms with Gasteiger partial charge in [-0.25, -0.2) is 9.97 Å². The van der Waals surface area contributed by atoms with Gasteiger partial charge in [0.25, 0.3) is 5.91 Å². The Hall–Kier alpha value is -2.26. The average molecular weight is 445 g/mol. The van der Waals surface area contributed by atoms with Gasteiger partial charge >= 0.3 is 0 Å². The zero-order valence-corrected chi connectivity index (χ0v) is 18.4. The fraction of sp³-hybridized carbons (Fsp3) is 0.500. The van der Waals surface area contributed by atoms with Crippen LogP contribution in [0, 0.1) is 0 Å². The van der Waals surface area contributed by atoms with Crippen molar-refractivity contribution in [3.8, 4) is 0 Å². The third-order valence-electron chi connectivity index (χ3n) is 5.67. The number of hydrogen-bond donors (Lipinski definition) is 1. The number of hydrogen-bond acceptors (Lipinski definition) is 7. The summed E-state index contributed by atoms with van der Waals surface area (Å²) >= 11 is 6.20. The van der Waals surface area contributed by atoms with Crippen LogP contribution in [0.4, 0.5) is 5.95 Å². The smallest absolute Gasteiger partial charge is 0.271 e. The number of amides is 1. The summed E-state index contributed by atoms with van der Waals surface area (Å²) in [6, 6.07) is 10.6. The number of nitrogens with one attached hydrogen (secondary N) is 1. The molecule has 0 spiro atoms. The lowest BCUT2D eigenvalue weighted by Crippen LogP contribution is -2.48. The number of benzene rings is 1. The summed E-state index contributed by atoms with van der Waals surface area (Å²) in [4.78, 5) is 28.2. The maximum atomic E-state index is 12.6. The number of nitrogens with zero attached hydrogens (tertiary/aromatic N) is 5. The molecule has 0 radical (unpaired) electrons. The summed E-state index contributed by atoms with van der Waals surface area (Å²) in [7, 11) is 0. The number of morpholine rings is 1. The number of carbonyl (C=O) groups is 1. The lowest BCUT2D eigenvalue weighted by atomic mass is 10.2. The predicted octanol–water partition coefficient (Wildman–Crippen LogP) is 1.51. The molecule has 166 valence electrons. The maximum absolute atomic E-state index is 12.6. The molecule has 0 unspecified atom stereocenters. The summed E-state index contributed by atoms with van der Waals surface area (Å²) in [5, 5.41) is 3.22. The topological polar surface area (TPSA) is 73.8 Å². The van der Waals surface area contributed by atoms with Crippen LogP contribution in [-0.2, 0) is 11.3 Å². The second-order valence-electron chi connectivity index (χ2n) is 7.83. The molecule has 8 nitrogen and oxygen atoms in total. The van der Waals surface area contributed by atoms with E-state index >= 15 is 0 Å². The normalized spacial score (nSPS) is 18.2. The number of halogens is 1. The summed E-state index contributed by atoms with van der Waals surface area (Å²) in [6.07, 6.45) is 1.50. The van der Waals surface area contributed by atoms with E-state index in [1.165, 1.54) is 11.8 Å². The number of rotatable bonds is 7. The van der Waals surface area contributed by atoms with Gasteiger partial charge in [0.15, 0.2) is 5.69 Å². The fourth-order valence-corrected chi connectivity index (χ4v) is 4.03. The van der Waals surface area contributed by atoms with Gasteiger partial charge in [-0.05, 0) is 5.56 Å². The first-order valence-corrected chi connectivity index (χ1v) is 11.2. The molecule has 2 fully saturated rings. The van der Waals surface area contributed by atoms with Crippen LogP contribution in [0.25, 0.3) is 0 Å². The van der Waals surface area contributed by atoms with Crippen molar-refractivity contribution in [2.75, 3.05) is 70.5 Å². The second-order valence-corrected chi connectivity index (χ2v) is 8.23. The van der Waals surface area contributed by atoms with Gasteiger partial charge in [-0.3, -0.25) is 14.6 Å². The molecular weight excluding hydrogens is 416 g/mol. The van der Waals surface area contributed by atoms with Gasteiger partial charge in [0.2, 0.25) is 5.95 Å². The zero-order chi connectivity index (χ0) is 21.5. The monoisotopic (exact) mass is 444 g/mol. The molecule has 2 aliphatic rings. The molecule has 1 N–H and O–H groups in total. The van der Waals surface area contributed by atoms with Crippen LogP contribution in [0.3, 0.4) is 0 Å². The van der Waals surface area contributed by atoms with Crippen molar-refractivity contribution >= 4 is 23.5 Å². The first-order chi connectivity index (χ1) is 15.2. The Morgan fingerprint density at radius 3 is 2.48 bits per heavy atom. The molecule has 0 bridgehead atoms. The van der Waals surface area contributed by atoms with Gasteiger partial charge in [-0.2, -0.15) is 0 Å². The highest BCUT2D eigenvalue weighted by atomic mass is 35.5. The lowest BCUT2D eigenvalue weighted by Gasteiger charge is -2.34. The van der Waals surface area contributed by atoms with Crippen LogP contribution >= 0.6 is 11.6 Å². The molecule has 9 heteroatoms. The molecule has 0 saturated carbocycles. The van der Waals surface area contributed by atoms with Crippen LogP contribution < -0.4 is 10.2 Å². The Balaban J connectivity index is 1.22. The predicted molar refractivity (Wildman–Crippen MR) is 121 cm³/mol. The average Bonchev–Trinajstić information content (AvgIpc) is 2.82. The van der Waals surface area contributed by atoms with E-state index < -0.39 is 0 Å². The molecule has 31 heavy (non-hydrogen) atoms. The van der Waals surface area contributed by atoms with Crippen LogP contribution in [-0.4, -0.2) is 91.2 Å². The molecule has 0 aliphatic carbocycles. The van der Waals surface area contributed by atoms with E-state index in [9.17, 15) is 4.79 Å².